The van der Waals surface area contributed by atoms with Gasteiger partial charge in [0, 0.05) is 24.4 Å². The lowest BCUT2D eigenvalue weighted by molar-refractivity contribution is -0.120. The lowest BCUT2D eigenvalue weighted by Gasteiger charge is -2.31. The Morgan fingerprint density at radius 2 is 1.81 bits per heavy atom. The minimum absolute atomic E-state index is 0.0382. The summed E-state index contributed by atoms with van der Waals surface area (Å²) in [5.74, 6) is -0.416. The van der Waals surface area contributed by atoms with Gasteiger partial charge in [0.2, 0.25) is 5.91 Å². The molecule has 1 aliphatic carbocycles. The van der Waals surface area contributed by atoms with Crippen molar-refractivity contribution in [2.24, 2.45) is 5.41 Å². The van der Waals surface area contributed by atoms with Crippen molar-refractivity contribution in [1.29, 1.82) is 0 Å². The second kappa shape index (κ2) is 4.16. The molecule has 5 heteroatoms. The Hall–Kier alpha value is -2.17. The van der Waals surface area contributed by atoms with E-state index >= 15 is 0 Å². The Labute approximate surface area is 122 Å². The van der Waals surface area contributed by atoms with Gasteiger partial charge in [0.25, 0.3) is 11.8 Å². The molecule has 2 aliphatic heterocycles. The summed E-state index contributed by atoms with van der Waals surface area (Å²) in [6.45, 7) is 0.350. The number of amides is 3. The van der Waals surface area contributed by atoms with Crippen LogP contribution in [0.1, 0.15) is 46.4 Å². The summed E-state index contributed by atoms with van der Waals surface area (Å²) in [5.41, 5.74) is 0.696. The van der Waals surface area contributed by atoms with E-state index in [2.05, 4.69) is 5.32 Å². The van der Waals surface area contributed by atoms with Gasteiger partial charge in [-0.25, -0.2) is 0 Å². The summed E-state index contributed by atoms with van der Waals surface area (Å²) in [5, 5.41) is 2.99. The molecule has 1 aromatic rings. The molecule has 108 valence electrons. The maximum Gasteiger partial charge on any atom is 0.261 e. The van der Waals surface area contributed by atoms with E-state index < -0.39 is 0 Å². The first-order valence-electron chi connectivity index (χ1n) is 7.35. The summed E-state index contributed by atoms with van der Waals surface area (Å²) in [4.78, 5) is 38.0. The summed E-state index contributed by atoms with van der Waals surface area (Å²) in [6.07, 6.45) is 3.29. The maximum absolute atomic E-state index is 12.5. The van der Waals surface area contributed by atoms with Crippen LogP contribution in [0.15, 0.2) is 24.3 Å². The predicted molar refractivity (Wildman–Crippen MR) is 74.6 cm³/mol. The van der Waals surface area contributed by atoms with E-state index in [4.69, 9.17) is 0 Å². The highest BCUT2D eigenvalue weighted by molar-refractivity contribution is 6.21. The molecular formula is C16H16N2O3. The van der Waals surface area contributed by atoms with Crippen molar-refractivity contribution in [1.82, 2.24) is 10.2 Å². The van der Waals surface area contributed by atoms with Gasteiger partial charge in [0.15, 0.2) is 0 Å². The van der Waals surface area contributed by atoms with E-state index in [0.717, 1.165) is 19.3 Å². The maximum atomic E-state index is 12.5. The number of hydrogen-bond acceptors (Lipinski definition) is 3. The van der Waals surface area contributed by atoms with E-state index in [-0.39, 0.29) is 29.2 Å². The van der Waals surface area contributed by atoms with Crippen LogP contribution in [0.25, 0.3) is 0 Å². The molecule has 0 spiro atoms. The first kappa shape index (κ1) is 12.6. The van der Waals surface area contributed by atoms with Crippen LogP contribution in [0.3, 0.4) is 0 Å². The summed E-state index contributed by atoms with van der Waals surface area (Å²) in [7, 11) is 0. The number of nitrogens with zero attached hydrogens (tertiary/aromatic N) is 1. The largest absolute Gasteiger partial charge is 0.353 e. The number of rotatable bonds is 2. The van der Waals surface area contributed by atoms with Crippen LogP contribution >= 0.6 is 0 Å². The molecule has 2 unspecified atom stereocenters. The summed E-state index contributed by atoms with van der Waals surface area (Å²) >= 11 is 0. The van der Waals surface area contributed by atoms with E-state index in [0.29, 0.717) is 24.1 Å². The van der Waals surface area contributed by atoms with E-state index in [1.807, 2.05) is 0 Å². The van der Waals surface area contributed by atoms with Gasteiger partial charge in [-0.2, -0.15) is 0 Å². The van der Waals surface area contributed by atoms with Crippen molar-refractivity contribution >= 4 is 17.7 Å². The Bertz CT molecular complexity index is 634. The highest BCUT2D eigenvalue weighted by Crippen LogP contribution is 2.46. The van der Waals surface area contributed by atoms with E-state index in [1.54, 1.807) is 24.3 Å². The van der Waals surface area contributed by atoms with Gasteiger partial charge in [0.05, 0.1) is 11.1 Å². The van der Waals surface area contributed by atoms with Crippen LogP contribution in [0, 0.1) is 5.41 Å². The van der Waals surface area contributed by atoms with Gasteiger partial charge in [-0.1, -0.05) is 18.6 Å². The molecule has 1 aromatic carbocycles. The molecule has 2 heterocycles. The number of fused-ring (bicyclic) bond motifs is 2. The van der Waals surface area contributed by atoms with E-state index in [1.165, 1.54) is 4.90 Å². The fourth-order valence-corrected chi connectivity index (χ4v) is 4.08. The van der Waals surface area contributed by atoms with Gasteiger partial charge in [-0.3, -0.25) is 19.3 Å². The molecular weight excluding hydrogens is 268 g/mol. The van der Waals surface area contributed by atoms with Crippen LogP contribution in [0.4, 0.5) is 0 Å². The number of carbonyl (C=O) groups excluding carboxylic acids is 3. The second-order valence-electron chi connectivity index (χ2n) is 6.29. The zero-order valence-electron chi connectivity index (χ0n) is 11.6. The minimum Gasteiger partial charge on any atom is -0.353 e. The third kappa shape index (κ3) is 1.66. The number of carbonyl (C=O) groups is 3. The summed E-state index contributed by atoms with van der Waals surface area (Å²) in [6, 6.07) is 7.03. The monoisotopic (exact) mass is 284 g/mol. The zero-order chi connectivity index (χ0) is 14.6. The van der Waals surface area contributed by atoms with Crippen molar-refractivity contribution in [3.8, 4) is 0 Å². The van der Waals surface area contributed by atoms with Crippen molar-refractivity contribution in [2.75, 3.05) is 6.54 Å². The van der Waals surface area contributed by atoms with Gasteiger partial charge in [0.1, 0.15) is 0 Å². The number of hydrogen-bond donors (Lipinski definition) is 1. The smallest absolute Gasteiger partial charge is 0.261 e. The number of benzene rings is 1. The molecule has 2 atom stereocenters. The van der Waals surface area contributed by atoms with Crippen molar-refractivity contribution in [3.05, 3.63) is 35.4 Å². The quantitative estimate of drug-likeness (QED) is 0.833. The normalized spacial score (nSPS) is 30.6. The highest BCUT2D eigenvalue weighted by atomic mass is 16.2. The fourth-order valence-electron chi connectivity index (χ4n) is 4.08. The lowest BCUT2D eigenvalue weighted by atomic mass is 9.81. The first-order valence-corrected chi connectivity index (χ1v) is 7.35. The Balaban J connectivity index is 1.66. The molecule has 5 nitrogen and oxygen atoms in total. The number of imide groups is 1. The molecule has 3 aliphatic rings. The fraction of sp³-hybridized carbons (Fsp3) is 0.438. The molecule has 3 amide bonds. The van der Waals surface area contributed by atoms with Gasteiger partial charge in [-0.05, 0) is 25.0 Å². The first-order chi connectivity index (χ1) is 10.1. The average molecular weight is 284 g/mol. The topological polar surface area (TPSA) is 66.5 Å². The van der Waals surface area contributed by atoms with Crippen LogP contribution in [-0.2, 0) is 4.79 Å². The van der Waals surface area contributed by atoms with Gasteiger partial charge in [-0.15, -0.1) is 0 Å². The Morgan fingerprint density at radius 3 is 2.48 bits per heavy atom. The molecule has 1 N–H and O–H groups in total. The molecule has 2 fully saturated rings. The molecule has 21 heavy (non-hydrogen) atoms. The third-order valence-corrected chi connectivity index (χ3v) is 5.11. The van der Waals surface area contributed by atoms with Gasteiger partial charge >= 0.3 is 0 Å². The minimum atomic E-state index is -0.259. The van der Waals surface area contributed by atoms with Crippen molar-refractivity contribution in [3.63, 3.8) is 0 Å². The van der Waals surface area contributed by atoms with Crippen LogP contribution in [0.5, 0.6) is 0 Å². The highest BCUT2D eigenvalue weighted by Gasteiger charge is 2.52. The lowest BCUT2D eigenvalue weighted by Crippen LogP contribution is -2.44. The SMILES string of the molecule is O=C1CC2(CN3C(=O)c4ccccc4C3=O)CCCC2N1. The van der Waals surface area contributed by atoms with E-state index in [9.17, 15) is 14.4 Å². The Kier molecular flexibility index (Phi) is 2.49. The molecule has 1 saturated carbocycles. The van der Waals surface area contributed by atoms with Crippen molar-refractivity contribution < 1.29 is 14.4 Å². The van der Waals surface area contributed by atoms with Crippen LogP contribution in [0.2, 0.25) is 0 Å². The molecule has 0 radical (unpaired) electrons. The molecule has 0 aromatic heterocycles. The molecule has 4 rings (SSSR count). The van der Waals surface area contributed by atoms with Crippen LogP contribution < -0.4 is 5.32 Å². The molecule has 1 saturated heterocycles. The zero-order valence-corrected chi connectivity index (χ0v) is 11.6. The predicted octanol–water partition coefficient (Wildman–Crippen LogP) is 1.34. The molecule has 0 bridgehead atoms. The third-order valence-electron chi connectivity index (χ3n) is 5.11. The average Bonchev–Trinajstić information content (AvgIpc) is 3.05. The second-order valence-corrected chi connectivity index (χ2v) is 6.29. The van der Waals surface area contributed by atoms with Gasteiger partial charge < -0.3 is 5.32 Å². The van der Waals surface area contributed by atoms with Crippen molar-refractivity contribution in [2.45, 2.75) is 31.7 Å². The van der Waals surface area contributed by atoms with Crippen LogP contribution in [-0.4, -0.2) is 35.2 Å². The summed E-state index contributed by atoms with van der Waals surface area (Å²) < 4.78 is 0. The standard InChI is InChI=1S/C16H16N2O3/c19-13-8-16(7-3-6-12(16)17-13)9-18-14(20)10-4-1-2-5-11(10)15(18)21/h1-2,4-5,12H,3,6-9H2,(H,17,19). The Morgan fingerprint density at radius 1 is 1.14 bits per heavy atom. The number of nitrogens with one attached hydrogen (secondary N) is 1.